The van der Waals surface area contributed by atoms with Gasteiger partial charge < -0.3 is 15.9 Å². The Morgan fingerprint density at radius 1 is 1.30 bits per heavy atom. The molecule has 60 valence electrons. The zero-order valence-electron chi connectivity index (χ0n) is 5.70. The van der Waals surface area contributed by atoms with Gasteiger partial charge in [0, 0.05) is 0 Å². The minimum Gasteiger partial charge on any atom is -0.481 e. The summed E-state index contributed by atoms with van der Waals surface area (Å²) >= 11 is 0. The zero-order chi connectivity index (χ0) is 8.57. The van der Waals surface area contributed by atoms with E-state index in [2.05, 4.69) is 0 Å². The van der Waals surface area contributed by atoms with Crippen molar-refractivity contribution in [1.82, 2.24) is 0 Å². The van der Waals surface area contributed by atoms with Gasteiger partial charge in [-0.3, -0.25) is 9.59 Å². The van der Waals surface area contributed by atoms with E-state index in [1.165, 1.54) is 0 Å². The third-order valence-corrected chi connectivity index (χ3v) is 0.302. The molecule has 0 aromatic carbocycles. The normalized spacial score (nSPS) is 7.40. The van der Waals surface area contributed by atoms with Gasteiger partial charge in [0.1, 0.15) is 6.42 Å². The number of carbonyl (C=O) groups is 2. The fraction of sp³-hybridized carbons (Fsp3) is 0.600. The molecule has 10 heavy (non-hydrogen) atoms. The van der Waals surface area contributed by atoms with Crippen LogP contribution >= 0.6 is 0 Å². The van der Waals surface area contributed by atoms with Crippen LogP contribution in [0, 0.1) is 0 Å². The van der Waals surface area contributed by atoms with Crippen LogP contribution in [0.2, 0.25) is 0 Å². The number of rotatable bonds is 2. The van der Waals surface area contributed by atoms with Crippen molar-refractivity contribution in [3.63, 3.8) is 0 Å². The lowest BCUT2D eigenvalue weighted by Crippen LogP contribution is -2.03. The van der Waals surface area contributed by atoms with Crippen LogP contribution < -0.4 is 5.73 Å². The summed E-state index contributed by atoms with van der Waals surface area (Å²) in [5, 5.41) is 15.4. The van der Waals surface area contributed by atoms with Gasteiger partial charge in [-0.2, -0.15) is 0 Å². The molecule has 0 bridgehead atoms. The molecule has 0 saturated carbocycles. The Morgan fingerprint density at radius 3 is 1.50 bits per heavy atom. The maximum absolute atomic E-state index is 9.43. The molecule has 0 heterocycles. The topological polar surface area (TPSA) is 101 Å². The second-order valence-corrected chi connectivity index (χ2v) is 1.37. The molecule has 5 nitrogen and oxygen atoms in total. The largest absolute Gasteiger partial charge is 0.481 e. The number of carboxylic acid groups (broad SMARTS) is 2. The van der Waals surface area contributed by atoms with Gasteiger partial charge in [-0.1, -0.05) is 6.92 Å². The van der Waals surface area contributed by atoms with Gasteiger partial charge in [-0.05, 0) is 6.54 Å². The first-order valence-electron chi connectivity index (χ1n) is 2.68. The molecule has 0 saturated heterocycles. The lowest BCUT2D eigenvalue weighted by atomic mass is 10.5. The molecule has 0 radical (unpaired) electrons. The second-order valence-electron chi connectivity index (χ2n) is 1.37. The highest BCUT2D eigenvalue weighted by molar-refractivity contribution is 5.88. The van der Waals surface area contributed by atoms with E-state index in [-0.39, 0.29) is 0 Å². The van der Waals surface area contributed by atoms with Crippen LogP contribution in [-0.2, 0) is 9.59 Å². The van der Waals surface area contributed by atoms with Crippen molar-refractivity contribution < 1.29 is 19.8 Å². The van der Waals surface area contributed by atoms with Crippen LogP contribution in [0.1, 0.15) is 13.3 Å². The fourth-order valence-corrected chi connectivity index (χ4v) is 0.129. The van der Waals surface area contributed by atoms with Gasteiger partial charge in [-0.25, -0.2) is 0 Å². The third-order valence-electron chi connectivity index (χ3n) is 0.302. The molecule has 0 atom stereocenters. The lowest BCUT2D eigenvalue weighted by molar-refractivity contribution is -0.147. The van der Waals surface area contributed by atoms with E-state index in [1.807, 2.05) is 6.92 Å². The molecule has 0 aromatic heterocycles. The molecule has 0 aliphatic carbocycles. The summed E-state index contributed by atoms with van der Waals surface area (Å²) in [4.78, 5) is 18.9. The van der Waals surface area contributed by atoms with E-state index in [0.717, 1.165) is 6.54 Å². The number of hydrogen-bond acceptors (Lipinski definition) is 3. The number of aliphatic carboxylic acids is 2. The van der Waals surface area contributed by atoms with Gasteiger partial charge in [-0.15, -0.1) is 0 Å². The van der Waals surface area contributed by atoms with E-state index in [9.17, 15) is 9.59 Å². The van der Waals surface area contributed by atoms with E-state index < -0.39 is 18.4 Å². The summed E-state index contributed by atoms with van der Waals surface area (Å²) < 4.78 is 0. The monoisotopic (exact) mass is 149 g/mol. The summed E-state index contributed by atoms with van der Waals surface area (Å²) in [6.07, 6.45) is -0.806. The number of carboxylic acids is 2. The van der Waals surface area contributed by atoms with Gasteiger partial charge in [0.2, 0.25) is 0 Å². The fourth-order valence-electron chi connectivity index (χ4n) is 0.129. The number of hydrogen-bond donors (Lipinski definition) is 3. The van der Waals surface area contributed by atoms with Crippen LogP contribution in [0.5, 0.6) is 0 Å². The summed E-state index contributed by atoms with van der Waals surface area (Å²) in [6, 6.07) is 0. The van der Waals surface area contributed by atoms with Crippen molar-refractivity contribution in [3.8, 4) is 0 Å². The van der Waals surface area contributed by atoms with Crippen molar-refractivity contribution in [2.24, 2.45) is 5.73 Å². The minimum absolute atomic E-state index is 0.750. The Hall–Kier alpha value is -1.10. The first-order chi connectivity index (χ1) is 4.54. The Labute approximate surface area is 58.5 Å². The van der Waals surface area contributed by atoms with Crippen LogP contribution in [0.25, 0.3) is 0 Å². The van der Waals surface area contributed by atoms with Gasteiger partial charge >= 0.3 is 11.9 Å². The molecule has 4 N–H and O–H groups in total. The van der Waals surface area contributed by atoms with Crippen molar-refractivity contribution in [2.75, 3.05) is 6.54 Å². The van der Waals surface area contributed by atoms with Gasteiger partial charge in [0.05, 0.1) is 0 Å². The Bertz CT molecular complexity index is 100. The van der Waals surface area contributed by atoms with Gasteiger partial charge in [0.25, 0.3) is 0 Å². The molecule has 5 heteroatoms. The van der Waals surface area contributed by atoms with Crippen LogP contribution in [0.4, 0.5) is 0 Å². The predicted molar refractivity (Wildman–Crippen MR) is 34.6 cm³/mol. The third kappa shape index (κ3) is 28.6. The van der Waals surface area contributed by atoms with E-state index >= 15 is 0 Å². The Kier molecular flexibility index (Phi) is 9.22. The lowest BCUT2D eigenvalue weighted by Gasteiger charge is -1.80. The van der Waals surface area contributed by atoms with Crippen LogP contribution in [0.15, 0.2) is 0 Å². The molecule has 0 aliphatic rings. The van der Waals surface area contributed by atoms with Crippen molar-refractivity contribution in [3.05, 3.63) is 0 Å². The van der Waals surface area contributed by atoms with E-state index in [0.29, 0.717) is 0 Å². The zero-order valence-corrected chi connectivity index (χ0v) is 5.70. The second kappa shape index (κ2) is 7.90. The van der Waals surface area contributed by atoms with Crippen LogP contribution in [0.3, 0.4) is 0 Å². The van der Waals surface area contributed by atoms with Crippen molar-refractivity contribution in [2.45, 2.75) is 13.3 Å². The molecular formula is C5H11NO4. The summed E-state index contributed by atoms with van der Waals surface area (Å²) in [5.74, 6) is -2.62. The molecule has 0 fully saturated rings. The summed E-state index contributed by atoms with van der Waals surface area (Å²) in [6.45, 7) is 2.65. The molecule has 0 rings (SSSR count). The van der Waals surface area contributed by atoms with E-state index in [4.69, 9.17) is 15.9 Å². The molecule has 0 aliphatic heterocycles. The standard InChI is InChI=1S/C3H4O4.C2H7N/c4-2(5)1-3(6)7;1-2-3/h1H2,(H,4,5)(H,6,7);2-3H2,1H3. The molecule has 0 aromatic rings. The summed E-state index contributed by atoms with van der Waals surface area (Å²) in [7, 11) is 0. The SMILES string of the molecule is CCN.O=C(O)CC(=O)O. The number of nitrogens with two attached hydrogens (primary N) is 1. The van der Waals surface area contributed by atoms with E-state index in [1.54, 1.807) is 0 Å². The Morgan fingerprint density at radius 2 is 1.50 bits per heavy atom. The molecule has 0 amide bonds. The maximum Gasteiger partial charge on any atom is 0.314 e. The minimum atomic E-state index is -1.31. The molecule has 0 unspecified atom stereocenters. The quantitative estimate of drug-likeness (QED) is 0.460. The Balaban J connectivity index is 0. The summed E-state index contributed by atoms with van der Waals surface area (Å²) in [5.41, 5.74) is 4.85. The molecular weight excluding hydrogens is 138 g/mol. The van der Waals surface area contributed by atoms with Gasteiger partial charge in [0.15, 0.2) is 0 Å². The highest BCUT2D eigenvalue weighted by Gasteiger charge is 2.01. The molecule has 0 spiro atoms. The first kappa shape index (κ1) is 11.7. The highest BCUT2D eigenvalue weighted by Crippen LogP contribution is 1.74. The van der Waals surface area contributed by atoms with Crippen LogP contribution in [-0.4, -0.2) is 28.7 Å². The first-order valence-corrected chi connectivity index (χ1v) is 2.68. The smallest absolute Gasteiger partial charge is 0.314 e. The van der Waals surface area contributed by atoms with Crippen molar-refractivity contribution >= 4 is 11.9 Å². The highest BCUT2D eigenvalue weighted by atomic mass is 16.4. The average molecular weight is 149 g/mol. The predicted octanol–water partition coefficient (Wildman–Crippen LogP) is -0.489. The maximum atomic E-state index is 9.43. The average Bonchev–Trinajstić information content (AvgIpc) is 1.62. The van der Waals surface area contributed by atoms with Crippen molar-refractivity contribution in [1.29, 1.82) is 0 Å².